The Morgan fingerprint density at radius 2 is 1.84 bits per heavy atom. The molecule has 1 aliphatic rings. The normalized spacial score (nSPS) is 15.3. The molecule has 9 heteroatoms. The van der Waals surface area contributed by atoms with Gasteiger partial charge in [-0.05, 0) is 36.4 Å². The van der Waals surface area contributed by atoms with Gasteiger partial charge in [0.1, 0.15) is 34.4 Å². The molecule has 5 rings (SSSR count). The molecule has 2 aromatic heterocycles. The SMILES string of the molecule is COc1ccc2nc(Cl)c(C3C(C#N)=C(N)n4c(=O)c5ccccc5c(=O)n43)cc2c1. The van der Waals surface area contributed by atoms with Gasteiger partial charge in [-0.3, -0.25) is 9.59 Å². The van der Waals surface area contributed by atoms with Gasteiger partial charge in [0.2, 0.25) is 0 Å². The molecule has 0 spiro atoms. The quantitative estimate of drug-likeness (QED) is 0.488. The lowest BCUT2D eigenvalue weighted by molar-refractivity contribution is 0.415. The summed E-state index contributed by atoms with van der Waals surface area (Å²) in [4.78, 5) is 30.9. The predicted octanol–water partition coefficient (Wildman–Crippen LogP) is 2.63. The molecule has 4 aromatic rings. The van der Waals surface area contributed by atoms with Crippen LogP contribution in [0.2, 0.25) is 5.15 Å². The van der Waals surface area contributed by atoms with E-state index in [0.29, 0.717) is 22.2 Å². The Morgan fingerprint density at radius 1 is 1.13 bits per heavy atom. The molecule has 3 heterocycles. The van der Waals surface area contributed by atoms with Crippen LogP contribution in [0.4, 0.5) is 0 Å². The van der Waals surface area contributed by atoms with E-state index in [1.54, 1.807) is 55.6 Å². The number of nitrogens with zero attached hydrogens (tertiary/aromatic N) is 4. The van der Waals surface area contributed by atoms with E-state index in [-0.39, 0.29) is 27.3 Å². The fraction of sp³-hybridized carbons (Fsp3) is 0.0909. The Kier molecular flexibility index (Phi) is 4.10. The van der Waals surface area contributed by atoms with E-state index in [2.05, 4.69) is 4.98 Å². The first-order chi connectivity index (χ1) is 15.0. The summed E-state index contributed by atoms with van der Waals surface area (Å²) in [5.41, 5.74) is 6.26. The molecule has 0 amide bonds. The van der Waals surface area contributed by atoms with Crippen LogP contribution in [0.1, 0.15) is 11.6 Å². The Bertz CT molecular complexity index is 1610. The Balaban J connectivity index is 1.89. The number of halogens is 1. The van der Waals surface area contributed by atoms with Crippen molar-refractivity contribution in [1.82, 2.24) is 14.3 Å². The summed E-state index contributed by atoms with van der Waals surface area (Å²) < 4.78 is 7.49. The van der Waals surface area contributed by atoms with Crippen molar-refractivity contribution in [3.63, 3.8) is 0 Å². The topological polar surface area (TPSA) is 116 Å². The second-order valence-corrected chi connectivity index (χ2v) is 7.41. The van der Waals surface area contributed by atoms with Gasteiger partial charge in [-0.25, -0.2) is 9.67 Å². The Labute approximate surface area is 180 Å². The number of benzene rings is 2. The van der Waals surface area contributed by atoms with Crippen LogP contribution in [0.15, 0.2) is 63.7 Å². The van der Waals surface area contributed by atoms with Gasteiger partial charge in [0, 0.05) is 10.9 Å². The van der Waals surface area contributed by atoms with Crippen molar-refractivity contribution < 1.29 is 4.74 Å². The standard InChI is InChI=1S/C22H14ClN5O3/c1-31-12-6-7-17-11(8-12)9-15(19(23)26-17)18-16(10-24)20(25)28-22(30)14-5-3-2-4-13(14)21(29)27(18)28/h2-9,18H,25H2,1H3. The van der Waals surface area contributed by atoms with Gasteiger partial charge in [-0.2, -0.15) is 9.94 Å². The van der Waals surface area contributed by atoms with Gasteiger partial charge in [0.15, 0.2) is 0 Å². The lowest BCUT2D eigenvalue weighted by Crippen LogP contribution is -2.38. The molecular formula is C22H14ClN5O3. The van der Waals surface area contributed by atoms with E-state index in [1.807, 2.05) is 6.07 Å². The maximum absolute atomic E-state index is 13.4. The number of hydrogen-bond acceptors (Lipinski definition) is 6. The largest absolute Gasteiger partial charge is 0.497 e. The van der Waals surface area contributed by atoms with E-state index >= 15 is 0 Å². The van der Waals surface area contributed by atoms with Crippen LogP contribution in [0.25, 0.3) is 27.5 Å². The number of aromatic nitrogens is 3. The number of methoxy groups -OCH3 is 1. The van der Waals surface area contributed by atoms with Gasteiger partial charge < -0.3 is 10.5 Å². The minimum Gasteiger partial charge on any atom is -0.497 e. The van der Waals surface area contributed by atoms with Crippen LogP contribution in [-0.2, 0) is 0 Å². The predicted molar refractivity (Wildman–Crippen MR) is 117 cm³/mol. The molecule has 0 fully saturated rings. The number of hydrogen-bond donors (Lipinski definition) is 1. The zero-order valence-electron chi connectivity index (χ0n) is 16.2. The summed E-state index contributed by atoms with van der Waals surface area (Å²) in [7, 11) is 1.55. The van der Waals surface area contributed by atoms with E-state index in [4.69, 9.17) is 22.1 Å². The molecule has 1 atom stereocenters. The summed E-state index contributed by atoms with van der Waals surface area (Å²) >= 11 is 6.49. The first-order valence-electron chi connectivity index (χ1n) is 9.27. The number of rotatable bonds is 2. The lowest BCUT2D eigenvalue weighted by atomic mass is 10.00. The van der Waals surface area contributed by atoms with Gasteiger partial charge in [-0.1, -0.05) is 23.7 Å². The summed E-state index contributed by atoms with van der Waals surface area (Å²) in [6.45, 7) is 0. The van der Waals surface area contributed by atoms with Crippen molar-refractivity contribution in [3.05, 3.63) is 85.5 Å². The van der Waals surface area contributed by atoms with E-state index in [1.165, 1.54) is 4.68 Å². The van der Waals surface area contributed by atoms with Gasteiger partial charge in [0.05, 0.1) is 23.4 Å². The van der Waals surface area contributed by atoms with Crippen molar-refractivity contribution in [2.45, 2.75) is 6.04 Å². The molecule has 0 aliphatic carbocycles. The van der Waals surface area contributed by atoms with E-state index in [0.717, 1.165) is 4.68 Å². The third kappa shape index (κ3) is 2.57. The summed E-state index contributed by atoms with van der Waals surface area (Å²) in [6.07, 6.45) is 0. The Hall–Kier alpha value is -4.09. The molecule has 0 saturated heterocycles. The average Bonchev–Trinajstić information content (AvgIpc) is 3.09. The monoisotopic (exact) mass is 431 g/mol. The van der Waals surface area contributed by atoms with Crippen molar-refractivity contribution >= 4 is 39.1 Å². The fourth-order valence-electron chi connectivity index (χ4n) is 3.99. The highest BCUT2D eigenvalue weighted by Crippen LogP contribution is 2.37. The van der Waals surface area contributed by atoms with Crippen LogP contribution in [0.3, 0.4) is 0 Å². The number of ether oxygens (including phenoxy) is 1. The Morgan fingerprint density at radius 3 is 2.52 bits per heavy atom. The molecule has 1 aliphatic heterocycles. The van der Waals surface area contributed by atoms with Crippen LogP contribution in [0, 0.1) is 11.3 Å². The third-order valence-electron chi connectivity index (χ3n) is 5.44. The zero-order chi connectivity index (χ0) is 21.9. The summed E-state index contributed by atoms with van der Waals surface area (Å²) in [5, 5.41) is 11.1. The van der Waals surface area contributed by atoms with Crippen LogP contribution in [-0.4, -0.2) is 21.5 Å². The van der Waals surface area contributed by atoms with Crippen molar-refractivity contribution in [2.75, 3.05) is 7.11 Å². The van der Waals surface area contributed by atoms with Gasteiger partial charge in [-0.15, -0.1) is 0 Å². The second kappa shape index (κ2) is 6.72. The molecule has 2 N–H and O–H groups in total. The highest BCUT2D eigenvalue weighted by Gasteiger charge is 2.36. The molecule has 8 nitrogen and oxygen atoms in total. The number of nitrogens with two attached hydrogens (primary N) is 1. The highest BCUT2D eigenvalue weighted by molar-refractivity contribution is 6.30. The molecule has 0 radical (unpaired) electrons. The number of allylic oxidation sites excluding steroid dienone is 1. The third-order valence-corrected chi connectivity index (χ3v) is 5.75. The highest BCUT2D eigenvalue weighted by atomic mass is 35.5. The molecule has 152 valence electrons. The molecule has 0 saturated carbocycles. The number of nitriles is 1. The van der Waals surface area contributed by atoms with E-state index in [9.17, 15) is 14.9 Å². The molecule has 1 unspecified atom stereocenters. The van der Waals surface area contributed by atoms with Gasteiger partial charge >= 0.3 is 0 Å². The van der Waals surface area contributed by atoms with Crippen LogP contribution >= 0.6 is 11.6 Å². The number of pyridine rings is 1. The van der Waals surface area contributed by atoms with Crippen molar-refractivity contribution in [1.29, 1.82) is 5.26 Å². The first-order valence-corrected chi connectivity index (χ1v) is 9.65. The minimum absolute atomic E-state index is 0.0421. The summed E-state index contributed by atoms with van der Waals surface area (Å²) in [5.74, 6) is 0.506. The smallest absolute Gasteiger partial charge is 0.279 e. The zero-order valence-corrected chi connectivity index (χ0v) is 16.9. The second-order valence-electron chi connectivity index (χ2n) is 7.05. The van der Waals surface area contributed by atoms with Crippen LogP contribution in [0.5, 0.6) is 5.75 Å². The lowest BCUT2D eigenvalue weighted by Gasteiger charge is -2.18. The molecule has 2 aromatic carbocycles. The van der Waals surface area contributed by atoms with E-state index < -0.39 is 17.2 Å². The maximum atomic E-state index is 13.4. The van der Waals surface area contributed by atoms with Crippen molar-refractivity contribution in [3.8, 4) is 11.8 Å². The molecule has 0 bridgehead atoms. The number of fused-ring (bicyclic) bond motifs is 3. The first kappa shape index (κ1) is 18.9. The molecular weight excluding hydrogens is 418 g/mol. The maximum Gasteiger partial charge on any atom is 0.279 e. The minimum atomic E-state index is -0.995. The fourth-order valence-corrected chi connectivity index (χ4v) is 4.24. The van der Waals surface area contributed by atoms with Crippen molar-refractivity contribution in [2.24, 2.45) is 5.73 Å². The summed E-state index contributed by atoms with van der Waals surface area (Å²) in [6, 6.07) is 14.5. The molecule has 31 heavy (non-hydrogen) atoms. The average molecular weight is 432 g/mol. The van der Waals surface area contributed by atoms with Gasteiger partial charge in [0.25, 0.3) is 11.1 Å². The van der Waals surface area contributed by atoms with Crippen LogP contribution < -0.4 is 21.6 Å².